The van der Waals surface area contributed by atoms with Gasteiger partial charge in [0, 0.05) is 19.3 Å². The van der Waals surface area contributed by atoms with Gasteiger partial charge in [0.1, 0.15) is 13.2 Å². The molecule has 0 aliphatic rings. The Kier molecular flexibility index (Phi) is 49.7. The van der Waals surface area contributed by atoms with Crippen molar-refractivity contribution >= 4 is 17.9 Å². The van der Waals surface area contributed by atoms with Crippen LogP contribution in [0.3, 0.4) is 0 Å². The minimum absolute atomic E-state index is 0.0615. The van der Waals surface area contributed by atoms with E-state index in [1.165, 1.54) is 218 Å². The van der Waals surface area contributed by atoms with Crippen molar-refractivity contribution in [1.82, 2.24) is 0 Å². The number of unbranched alkanes of at least 4 members (excludes halogenated alkanes) is 40. The van der Waals surface area contributed by atoms with Crippen LogP contribution in [0.5, 0.6) is 0 Å². The van der Waals surface area contributed by atoms with Crippen LogP contribution < -0.4 is 0 Å². The van der Waals surface area contributed by atoms with E-state index >= 15 is 0 Å². The topological polar surface area (TPSA) is 78.9 Å². The van der Waals surface area contributed by atoms with Crippen LogP contribution in [0.15, 0.2) is 0 Å². The fraction of sp³-hybridized carbons (Fsp3) is 0.945. The first-order valence-corrected chi connectivity index (χ1v) is 27.5. The van der Waals surface area contributed by atoms with Crippen LogP contribution in [0.4, 0.5) is 0 Å². The van der Waals surface area contributed by atoms with Crippen molar-refractivity contribution in [3.8, 4) is 0 Å². The first kappa shape index (κ1) is 59.4. The van der Waals surface area contributed by atoms with Crippen molar-refractivity contribution in [1.29, 1.82) is 0 Å². The van der Waals surface area contributed by atoms with Crippen LogP contribution in [0.2, 0.25) is 0 Å². The second-order valence-corrected chi connectivity index (χ2v) is 18.9. The van der Waals surface area contributed by atoms with Crippen molar-refractivity contribution in [2.24, 2.45) is 0 Å². The molecule has 0 aromatic heterocycles. The number of hydrogen-bond donors (Lipinski definition) is 0. The molecule has 0 radical (unpaired) electrons. The Labute approximate surface area is 380 Å². The quantitative estimate of drug-likeness (QED) is 0.0344. The Bertz CT molecular complexity index is 905. The van der Waals surface area contributed by atoms with Gasteiger partial charge < -0.3 is 14.2 Å². The van der Waals surface area contributed by atoms with E-state index in [4.69, 9.17) is 14.2 Å². The molecule has 0 saturated carbocycles. The molecule has 0 rings (SSSR count). The van der Waals surface area contributed by atoms with Crippen molar-refractivity contribution in [3.63, 3.8) is 0 Å². The van der Waals surface area contributed by atoms with E-state index in [0.717, 1.165) is 57.8 Å². The molecule has 0 aromatic rings. The number of carbonyl (C=O) groups excluding carboxylic acids is 3. The third-order valence-electron chi connectivity index (χ3n) is 12.6. The van der Waals surface area contributed by atoms with Gasteiger partial charge in [0.2, 0.25) is 0 Å². The largest absolute Gasteiger partial charge is 0.462 e. The molecule has 0 unspecified atom stereocenters. The molecule has 0 amide bonds. The highest BCUT2D eigenvalue weighted by Crippen LogP contribution is 2.17. The van der Waals surface area contributed by atoms with Gasteiger partial charge in [0.05, 0.1) is 0 Å². The number of hydrogen-bond acceptors (Lipinski definition) is 6. The third-order valence-corrected chi connectivity index (χ3v) is 12.6. The number of rotatable bonds is 51. The first-order valence-electron chi connectivity index (χ1n) is 27.5. The Morgan fingerprint density at radius 3 is 0.656 bits per heavy atom. The maximum Gasteiger partial charge on any atom is 0.306 e. The van der Waals surface area contributed by atoms with Gasteiger partial charge in [-0.3, -0.25) is 14.4 Å². The molecule has 0 N–H and O–H groups in total. The highest BCUT2D eigenvalue weighted by Gasteiger charge is 2.19. The lowest BCUT2D eigenvalue weighted by molar-refractivity contribution is -0.167. The van der Waals surface area contributed by atoms with Crippen LogP contribution in [0.1, 0.15) is 316 Å². The van der Waals surface area contributed by atoms with E-state index in [1.54, 1.807) is 0 Å². The van der Waals surface area contributed by atoms with Gasteiger partial charge in [-0.25, -0.2) is 0 Å². The highest BCUT2D eigenvalue weighted by molar-refractivity contribution is 5.71. The van der Waals surface area contributed by atoms with Gasteiger partial charge in [-0.15, -0.1) is 0 Å². The first-order chi connectivity index (χ1) is 30.0. The molecule has 6 heteroatoms. The molecule has 1 atom stereocenters. The zero-order valence-corrected chi connectivity index (χ0v) is 41.5. The maximum absolute atomic E-state index is 12.8. The summed E-state index contributed by atoms with van der Waals surface area (Å²) in [5.74, 6) is -0.838. The lowest BCUT2D eigenvalue weighted by Crippen LogP contribution is -2.30. The van der Waals surface area contributed by atoms with E-state index in [9.17, 15) is 14.4 Å². The van der Waals surface area contributed by atoms with Gasteiger partial charge in [-0.2, -0.15) is 0 Å². The van der Waals surface area contributed by atoms with Gasteiger partial charge in [0.15, 0.2) is 6.10 Å². The predicted octanol–water partition coefficient (Wildman–Crippen LogP) is 18.0. The standard InChI is InChI=1S/C55H106O6/c1-4-7-10-13-16-19-22-25-26-27-28-29-30-31-34-36-39-42-45-48-54(57)60-51-52(61-55(58)49-46-43-40-37-33-24-21-18-15-12-9-6-3)50-59-53(56)47-44-41-38-35-32-23-20-17-14-11-8-5-2/h52H,4-51H2,1-3H3/t52-/m0/s1. The van der Waals surface area contributed by atoms with Crippen LogP contribution >= 0.6 is 0 Å². The molecule has 362 valence electrons. The normalized spacial score (nSPS) is 11.9. The van der Waals surface area contributed by atoms with Crippen molar-refractivity contribution in [3.05, 3.63) is 0 Å². The lowest BCUT2D eigenvalue weighted by Gasteiger charge is -2.18. The number of esters is 3. The number of ether oxygens (including phenoxy) is 3. The summed E-state index contributed by atoms with van der Waals surface area (Å²) < 4.78 is 16.8. The third kappa shape index (κ3) is 49.3. The van der Waals surface area contributed by atoms with Crippen molar-refractivity contribution in [2.45, 2.75) is 322 Å². The van der Waals surface area contributed by atoms with E-state index in [1.807, 2.05) is 0 Å². The van der Waals surface area contributed by atoms with Crippen LogP contribution in [0.25, 0.3) is 0 Å². The maximum atomic E-state index is 12.8. The molecule has 0 bridgehead atoms. The Morgan fingerprint density at radius 2 is 0.443 bits per heavy atom. The second kappa shape index (κ2) is 51.0. The molecule has 61 heavy (non-hydrogen) atoms. The Balaban J connectivity index is 4.23. The summed E-state index contributed by atoms with van der Waals surface area (Å²) in [7, 11) is 0. The fourth-order valence-electron chi connectivity index (χ4n) is 8.45. The predicted molar refractivity (Wildman–Crippen MR) is 261 cm³/mol. The van der Waals surface area contributed by atoms with Crippen LogP contribution in [-0.4, -0.2) is 37.2 Å². The SMILES string of the molecule is CCCCCCCCCCCCCCCCCCCCCC(=O)OC[C@H](COC(=O)CCCCCCCCCCCCCC)OC(=O)CCCCCCCCCCCCCC. The minimum Gasteiger partial charge on any atom is -0.462 e. The molecular formula is C55H106O6. The van der Waals surface area contributed by atoms with Gasteiger partial charge in [0.25, 0.3) is 0 Å². The Hall–Kier alpha value is -1.59. The molecule has 0 saturated heterocycles. The molecule has 0 aliphatic heterocycles. The van der Waals surface area contributed by atoms with Gasteiger partial charge in [-0.05, 0) is 19.3 Å². The lowest BCUT2D eigenvalue weighted by atomic mass is 10.0. The minimum atomic E-state index is -0.759. The Morgan fingerprint density at radius 1 is 0.262 bits per heavy atom. The molecular weight excluding hydrogens is 757 g/mol. The van der Waals surface area contributed by atoms with Crippen molar-refractivity contribution < 1.29 is 28.6 Å². The fourth-order valence-corrected chi connectivity index (χ4v) is 8.45. The van der Waals surface area contributed by atoms with Gasteiger partial charge in [-0.1, -0.05) is 278 Å². The smallest absolute Gasteiger partial charge is 0.306 e. The van der Waals surface area contributed by atoms with Crippen LogP contribution in [-0.2, 0) is 28.6 Å². The molecule has 0 spiro atoms. The monoisotopic (exact) mass is 863 g/mol. The average molecular weight is 863 g/mol. The highest BCUT2D eigenvalue weighted by atomic mass is 16.6. The van der Waals surface area contributed by atoms with Crippen LogP contribution in [0, 0.1) is 0 Å². The average Bonchev–Trinajstić information content (AvgIpc) is 3.26. The van der Waals surface area contributed by atoms with E-state index in [2.05, 4.69) is 20.8 Å². The summed E-state index contributed by atoms with van der Waals surface area (Å²) in [5.41, 5.74) is 0. The zero-order chi connectivity index (χ0) is 44.4. The van der Waals surface area contributed by atoms with E-state index in [0.29, 0.717) is 19.3 Å². The summed E-state index contributed by atoms with van der Waals surface area (Å²) in [4.78, 5) is 38.0. The van der Waals surface area contributed by atoms with Gasteiger partial charge >= 0.3 is 17.9 Å². The summed E-state index contributed by atoms with van der Waals surface area (Å²) in [6.07, 6.45) is 55.2. The molecule has 0 fully saturated rings. The molecule has 0 aromatic carbocycles. The second-order valence-electron chi connectivity index (χ2n) is 18.9. The summed E-state index contributed by atoms with van der Waals surface area (Å²) >= 11 is 0. The molecule has 6 nitrogen and oxygen atoms in total. The van der Waals surface area contributed by atoms with Crippen molar-refractivity contribution in [2.75, 3.05) is 13.2 Å². The zero-order valence-electron chi connectivity index (χ0n) is 41.5. The molecule has 0 heterocycles. The van der Waals surface area contributed by atoms with E-state index < -0.39 is 6.10 Å². The summed E-state index contributed by atoms with van der Waals surface area (Å²) in [6.45, 7) is 6.69. The van der Waals surface area contributed by atoms with E-state index in [-0.39, 0.29) is 31.1 Å². The number of carbonyl (C=O) groups is 3. The molecule has 0 aliphatic carbocycles. The summed E-state index contributed by atoms with van der Waals surface area (Å²) in [5, 5.41) is 0. The summed E-state index contributed by atoms with van der Waals surface area (Å²) in [6, 6.07) is 0.